The first-order valence-electron chi connectivity index (χ1n) is 7.35. The van der Waals surface area contributed by atoms with Gasteiger partial charge in [0.1, 0.15) is 15.6 Å². The Balaban J connectivity index is 0.000000537. The summed E-state index contributed by atoms with van der Waals surface area (Å²) < 4.78 is 44.7. The minimum absolute atomic E-state index is 0.215. The van der Waals surface area contributed by atoms with Crippen LogP contribution in [0.15, 0.2) is 63.7 Å². The van der Waals surface area contributed by atoms with Crippen molar-refractivity contribution in [1.29, 1.82) is 0 Å². The second-order valence-corrected chi connectivity index (χ2v) is 5.83. The average Bonchev–Trinajstić information content (AvgIpc) is 3.29. The molecule has 0 saturated heterocycles. The van der Waals surface area contributed by atoms with E-state index in [0.717, 1.165) is 0 Å². The van der Waals surface area contributed by atoms with Crippen molar-refractivity contribution >= 4 is 23.5 Å². The Kier molecular flexibility index (Phi) is 6.76. The molecular weight excluding hydrogens is 418 g/mol. The van der Waals surface area contributed by atoms with Crippen LogP contribution in [0, 0.1) is 30.5 Å². The molecular formula is C15H11ClN3O10+. The molecule has 0 aromatic carbocycles. The smallest absolute Gasteiger partial charge is 0.401 e. The lowest BCUT2D eigenvalue weighted by Crippen LogP contribution is -2.58. The fourth-order valence-electron chi connectivity index (χ4n) is 2.05. The molecule has 14 heteroatoms. The highest BCUT2D eigenvalue weighted by molar-refractivity contribution is 5.72. The number of halogens is 1. The highest BCUT2D eigenvalue weighted by Gasteiger charge is 2.22. The molecule has 0 spiro atoms. The highest BCUT2D eigenvalue weighted by Crippen LogP contribution is 2.24. The molecule has 3 aromatic heterocycles. The molecule has 3 aromatic rings. The van der Waals surface area contributed by atoms with E-state index in [1.807, 2.05) is 0 Å². The predicted octanol–water partition coefficient (Wildman–Crippen LogP) is -1.10. The van der Waals surface area contributed by atoms with Gasteiger partial charge in [-0.05, 0) is 12.1 Å². The number of aromatic nitrogens is 1. The van der Waals surface area contributed by atoms with Crippen LogP contribution in [0.5, 0.6) is 0 Å². The topological polar surface area (TPSA) is 206 Å². The molecule has 0 aliphatic carbocycles. The Hall–Kier alpha value is -3.62. The number of rotatable bonds is 5. The molecule has 13 nitrogen and oxygen atoms in total. The zero-order chi connectivity index (χ0) is 21.6. The van der Waals surface area contributed by atoms with Gasteiger partial charge in [0.25, 0.3) is 5.70 Å². The van der Waals surface area contributed by atoms with E-state index in [1.54, 1.807) is 35.2 Å². The summed E-state index contributed by atoms with van der Waals surface area (Å²) in [4.78, 5) is 20.2. The van der Waals surface area contributed by atoms with Gasteiger partial charge < -0.3 is 8.83 Å². The van der Waals surface area contributed by atoms with Crippen LogP contribution in [-0.2, 0) is 0 Å². The van der Waals surface area contributed by atoms with Crippen LogP contribution in [0.25, 0.3) is 11.8 Å². The second-order valence-electron chi connectivity index (χ2n) is 5.04. The Bertz CT molecular complexity index is 1020. The van der Waals surface area contributed by atoms with Crippen LogP contribution >= 0.6 is 0 Å². The average molecular weight is 429 g/mol. The highest BCUT2D eigenvalue weighted by atomic mass is 35.7. The van der Waals surface area contributed by atoms with Crippen LogP contribution < -0.4 is 18.5 Å². The molecule has 1 N–H and O–H groups in total. The normalized spacial score (nSPS) is 11.5. The van der Waals surface area contributed by atoms with Gasteiger partial charge in [-0.1, -0.05) is 6.07 Å². The second kappa shape index (κ2) is 9.05. The molecule has 0 fully saturated rings. The van der Waals surface area contributed by atoms with Crippen LogP contribution in [0.2, 0.25) is 0 Å². The third kappa shape index (κ3) is 6.80. The van der Waals surface area contributed by atoms with Gasteiger partial charge in [0.05, 0.1) is 33.1 Å². The SMILES string of the molecule is O=[N+]([O-])c1ccc(/C=C(/c2ccc([N+](=O)[O-])o2)[n+]2ccccc2)o1.[O-][Cl+3]([O-])([O-])O. The Morgan fingerprint density at radius 2 is 1.45 bits per heavy atom. The fraction of sp³-hybridized carbons (Fsp3) is 0. The maximum Gasteiger partial charge on any atom is 0.433 e. The molecule has 152 valence electrons. The molecule has 0 bridgehead atoms. The van der Waals surface area contributed by atoms with E-state index in [9.17, 15) is 20.2 Å². The number of hydrogen-bond acceptors (Lipinski definition) is 10. The summed E-state index contributed by atoms with van der Waals surface area (Å²) in [6, 6.07) is 10.7. The molecule has 0 aliphatic heterocycles. The van der Waals surface area contributed by atoms with Gasteiger partial charge in [0, 0.05) is 12.1 Å². The van der Waals surface area contributed by atoms with Crippen molar-refractivity contribution < 1.29 is 52.1 Å². The number of hydrogen-bond donors (Lipinski definition) is 1. The number of pyridine rings is 1. The lowest BCUT2D eigenvalue weighted by molar-refractivity contribution is -1.92. The summed E-state index contributed by atoms with van der Waals surface area (Å²) in [6.45, 7) is 0. The van der Waals surface area contributed by atoms with Gasteiger partial charge in [-0.15, -0.1) is 0 Å². The quantitative estimate of drug-likeness (QED) is 0.294. The van der Waals surface area contributed by atoms with E-state index in [2.05, 4.69) is 0 Å². The molecule has 3 heterocycles. The van der Waals surface area contributed by atoms with Gasteiger partial charge in [-0.3, -0.25) is 20.2 Å². The maximum atomic E-state index is 10.8. The van der Waals surface area contributed by atoms with Gasteiger partial charge in [0.15, 0.2) is 12.4 Å². The summed E-state index contributed by atoms with van der Waals surface area (Å²) in [7, 11) is -4.69. The third-order valence-corrected chi connectivity index (χ3v) is 3.09. The van der Waals surface area contributed by atoms with Crippen molar-refractivity contribution in [3.63, 3.8) is 0 Å². The molecule has 0 radical (unpaired) electrons. The molecule has 0 amide bonds. The number of nitro groups is 2. The number of nitrogens with zero attached hydrogens (tertiary/aromatic N) is 3. The monoisotopic (exact) mass is 428 g/mol. The van der Waals surface area contributed by atoms with Crippen LogP contribution in [0.1, 0.15) is 11.5 Å². The van der Waals surface area contributed by atoms with E-state index in [4.69, 9.17) is 27.5 Å². The lowest BCUT2D eigenvalue weighted by atomic mass is 10.2. The Morgan fingerprint density at radius 3 is 1.93 bits per heavy atom. The standard InChI is InChI=1S/C15H10N3O6.ClHO4/c19-17(20)14-6-4-11(23-14)10-12(16-8-2-1-3-9-16)13-5-7-15(24-13)18(21)22;2-1(3,4)5/h1-10H;(H,2,3,4,5)/q+1;/b12-10-;. The molecule has 0 aliphatic rings. The van der Waals surface area contributed by atoms with Gasteiger partial charge >= 0.3 is 11.8 Å². The summed E-state index contributed by atoms with van der Waals surface area (Å²) in [5.74, 6) is -0.369. The van der Waals surface area contributed by atoms with Crippen molar-refractivity contribution in [2.75, 3.05) is 0 Å². The van der Waals surface area contributed by atoms with Crippen molar-refractivity contribution in [2.24, 2.45) is 0 Å². The minimum Gasteiger partial charge on any atom is -0.401 e. The van der Waals surface area contributed by atoms with Crippen molar-refractivity contribution in [2.45, 2.75) is 0 Å². The summed E-state index contributed by atoms with van der Waals surface area (Å²) in [6.07, 6.45) is 4.91. The summed E-state index contributed by atoms with van der Waals surface area (Å²) in [5, 5.41) is 21.5. The molecule has 29 heavy (non-hydrogen) atoms. The first kappa shape index (κ1) is 21.7. The summed E-state index contributed by atoms with van der Waals surface area (Å²) >= 11 is 0. The maximum absolute atomic E-state index is 10.8. The molecule has 0 unspecified atom stereocenters. The van der Waals surface area contributed by atoms with Gasteiger partial charge in [-0.25, -0.2) is 0 Å². The largest absolute Gasteiger partial charge is 0.433 e. The molecule has 0 saturated carbocycles. The van der Waals surface area contributed by atoms with Crippen LogP contribution in [0.4, 0.5) is 11.8 Å². The number of furan rings is 2. The summed E-state index contributed by atoms with van der Waals surface area (Å²) in [5.41, 5.74) is 0.424. The zero-order valence-electron chi connectivity index (χ0n) is 14.1. The first-order valence-corrected chi connectivity index (χ1v) is 8.61. The van der Waals surface area contributed by atoms with E-state index in [0.29, 0.717) is 5.70 Å². The fourth-order valence-corrected chi connectivity index (χ4v) is 2.05. The van der Waals surface area contributed by atoms with E-state index in [-0.39, 0.29) is 11.5 Å². The van der Waals surface area contributed by atoms with Gasteiger partial charge in [0.2, 0.25) is 5.76 Å². The lowest BCUT2D eigenvalue weighted by Gasteiger charge is -2.03. The molecule has 0 atom stereocenters. The molecule has 3 rings (SSSR count). The van der Waals surface area contributed by atoms with E-state index in [1.165, 1.54) is 30.3 Å². The third-order valence-electron chi connectivity index (χ3n) is 3.09. The minimum atomic E-state index is -4.69. The van der Waals surface area contributed by atoms with Crippen LogP contribution in [-0.4, -0.2) is 14.5 Å². The Labute approximate surface area is 163 Å². The van der Waals surface area contributed by atoms with E-state index >= 15 is 0 Å². The van der Waals surface area contributed by atoms with Crippen molar-refractivity contribution in [3.8, 4) is 0 Å². The Morgan fingerprint density at radius 1 is 0.931 bits per heavy atom. The zero-order valence-corrected chi connectivity index (χ0v) is 14.9. The first-order chi connectivity index (χ1) is 13.5. The van der Waals surface area contributed by atoms with Crippen molar-refractivity contribution in [1.82, 2.24) is 0 Å². The predicted molar refractivity (Wildman–Crippen MR) is 82.8 cm³/mol. The van der Waals surface area contributed by atoms with Crippen molar-refractivity contribution in [3.05, 3.63) is 86.6 Å². The van der Waals surface area contributed by atoms with E-state index < -0.39 is 31.9 Å². The van der Waals surface area contributed by atoms with Crippen LogP contribution in [0.3, 0.4) is 0 Å². The van der Waals surface area contributed by atoms with Gasteiger partial charge in [-0.2, -0.15) is 18.5 Å².